The van der Waals surface area contributed by atoms with Crippen molar-refractivity contribution in [1.82, 2.24) is 19.1 Å². The monoisotopic (exact) mass is 986 g/mol. The van der Waals surface area contributed by atoms with Gasteiger partial charge in [0.1, 0.15) is 27.3 Å². The third-order valence-electron chi connectivity index (χ3n) is 12.0. The molecule has 0 spiro atoms. The van der Waals surface area contributed by atoms with Crippen LogP contribution in [0.3, 0.4) is 0 Å². The van der Waals surface area contributed by atoms with Crippen LogP contribution in [0.4, 0.5) is 14.6 Å². The predicted octanol–water partition coefficient (Wildman–Crippen LogP) is 10.3. The average Bonchev–Trinajstić information content (AvgIpc) is 3.33. The molecule has 13 nitrogen and oxygen atoms in total. The third-order valence-corrected chi connectivity index (χ3v) is 12.8. The minimum atomic E-state index is -0.846. The third kappa shape index (κ3) is 10.2. The molecule has 0 saturated heterocycles. The van der Waals surface area contributed by atoms with Crippen LogP contribution in [0.25, 0.3) is 21.8 Å². The van der Waals surface area contributed by atoms with Gasteiger partial charge in [-0.15, -0.1) is 0 Å². The fourth-order valence-corrected chi connectivity index (χ4v) is 8.36. The van der Waals surface area contributed by atoms with E-state index >= 15 is 0 Å². The van der Waals surface area contributed by atoms with Gasteiger partial charge in [-0.2, -0.15) is 0 Å². The van der Waals surface area contributed by atoms with Crippen molar-refractivity contribution >= 4 is 68.3 Å². The Morgan fingerprint density at radius 1 is 0.600 bits per heavy atom. The van der Waals surface area contributed by atoms with Crippen LogP contribution in [0, 0.1) is 25.5 Å². The molecular formula is C53H46Cl2F2N6O7. The lowest BCUT2D eigenvalue weighted by Crippen LogP contribution is -2.23. The first kappa shape index (κ1) is 50.1. The van der Waals surface area contributed by atoms with E-state index in [2.05, 4.69) is 9.97 Å². The van der Waals surface area contributed by atoms with Crippen molar-refractivity contribution in [2.24, 2.45) is 19.8 Å². The average molecular weight is 988 g/mol. The summed E-state index contributed by atoms with van der Waals surface area (Å²) in [5.74, 6) is -3.05. The Balaban J connectivity index is 0.000000207. The molecule has 358 valence electrons. The first-order chi connectivity index (χ1) is 33.3. The summed E-state index contributed by atoms with van der Waals surface area (Å²) in [5, 5.41) is 0.914. The van der Waals surface area contributed by atoms with Crippen molar-refractivity contribution in [3.63, 3.8) is 0 Å². The van der Waals surface area contributed by atoms with Gasteiger partial charge in [-0.25, -0.2) is 18.7 Å². The maximum absolute atomic E-state index is 14.8. The SMILES string of the molecule is CCc1ccc2c(c1)c(=O)c(C(=O)Cc1ccc(Oc3ccnc(C(N)=O)c3Cl)c(F)c1)c(C)n2C.CCc1ccc2c(c1)c(=O)c(C(=O)Cc1ccc(Oc3ccnc(N)c3Cl)c(F)c1)c(C)n2C. The van der Waals surface area contributed by atoms with Gasteiger partial charge in [0.05, 0.1) is 22.2 Å². The number of nitrogen functional groups attached to an aromatic ring is 1. The second-order valence-corrected chi connectivity index (χ2v) is 17.1. The fraction of sp³-hybridized carbons (Fsp3) is 0.189. The number of benzene rings is 4. The Labute approximate surface area is 410 Å². The molecule has 4 aromatic carbocycles. The molecule has 0 unspecified atom stereocenters. The largest absolute Gasteiger partial charge is 0.453 e. The highest BCUT2D eigenvalue weighted by Crippen LogP contribution is 2.35. The van der Waals surface area contributed by atoms with Crippen LogP contribution in [0.5, 0.6) is 23.0 Å². The van der Waals surface area contributed by atoms with E-state index in [0.717, 1.165) is 41.1 Å². The first-order valence-corrected chi connectivity index (χ1v) is 22.7. The molecule has 8 aromatic rings. The number of carbonyl (C=O) groups is 3. The lowest BCUT2D eigenvalue weighted by Gasteiger charge is -2.15. The predicted molar refractivity (Wildman–Crippen MR) is 267 cm³/mol. The fourth-order valence-electron chi connectivity index (χ4n) is 7.96. The second-order valence-electron chi connectivity index (χ2n) is 16.4. The number of ketones is 2. The van der Waals surface area contributed by atoms with Gasteiger partial charge in [0.2, 0.25) is 0 Å². The molecule has 0 radical (unpaired) electrons. The molecule has 17 heteroatoms. The maximum Gasteiger partial charge on any atom is 0.268 e. The summed E-state index contributed by atoms with van der Waals surface area (Å²) < 4.78 is 44.3. The van der Waals surface area contributed by atoms with Crippen molar-refractivity contribution < 1.29 is 32.6 Å². The van der Waals surface area contributed by atoms with Crippen LogP contribution >= 0.6 is 23.2 Å². The molecule has 0 atom stereocenters. The highest BCUT2D eigenvalue weighted by Gasteiger charge is 2.23. The molecule has 8 rings (SSSR count). The number of hydrogen-bond acceptors (Lipinski definition) is 10. The van der Waals surface area contributed by atoms with Crippen molar-refractivity contribution in [3.05, 3.63) is 190 Å². The zero-order valence-electron chi connectivity index (χ0n) is 38.9. The number of primary amides is 1. The van der Waals surface area contributed by atoms with E-state index in [1.165, 1.54) is 48.8 Å². The van der Waals surface area contributed by atoms with Crippen molar-refractivity contribution in [3.8, 4) is 23.0 Å². The summed E-state index contributed by atoms with van der Waals surface area (Å²) in [6.07, 6.45) is 3.91. The zero-order chi connectivity index (χ0) is 50.7. The Morgan fingerprint density at radius 3 is 1.43 bits per heavy atom. The number of aryl methyl sites for hydroxylation is 4. The molecule has 4 N–H and O–H groups in total. The summed E-state index contributed by atoms with van der Waals surface area (Å²) in [7, 11) is 3.63. The number of amides is 1. The molecule has 0 saturated carbocycles. The molecule has 0 fully saturated rings. The van der Waals surface area contributed by atoms with Crippen LogP contribution in [0.15, 0.2) is 107 Å². The van der Waals surface area contributed by atoms with E-state index in [1.807, 2.05) is 66.4 Å². The smallest absolute Gasteiger partial charge is 0.268 e. The summed E-state index contributed by atoms with van der Waals surface area (Å²) in [6.45, 7) is 7.46. The number of hydrogen-bond donors (Lipinski definition) is 2. The van der Waals surface area contributed by atoms with E-state index < -0.39 is 23.3 Å². The van der Waals surface area contributed by atoms with E-state index in [9.17, 15) is 32.8 Å². The maximum atomic E-state index is 14.8. The molecule has 4 heterocycles. The van der Waals surface area contributed by atoms with Gasteiger partial charge < -0.3 is 30.1 Å². The zero-order valence-corrected chi connectivity index (χ0v) is 40.4. The van der Waals surface area contributed by atoms with E-state index in [4.69, 9.17) is 44.1 Å². The lowest BCUT2D eigenvalue weighted by molar-refractivity contribution is 0.0982. The van der Waals surface area contributed by atoms with Gasteiger partial charge in [0, 0.05) is 73.6 Å². The van der Waals surface area contributed by atoms with E-state index in [1.54, 1.807) is 27.0 Å². The number of nitrogens with two attached hydrogens (primary N) is 2. The van der Waals surface area contributed by atoms with Gasteiger partial charge in [0.15, 0.2) is 51.3 Å². The Bertz CT molecular complexity index is 3560. The minimum Gasteiger partial charge on any atom is -0.453 e. The van der Waals surface area contributed by atoms with E-state index in [-0.39, 0.29) is 85.2 Å². The van der Waals surface area contributed by atoms with Gasteiger partial charge in [-0.1, -0.05) is 61.3 Å². The quantitative estimate of drug-likeness (QED) is 0.105. The molecule has 70 heavy (non-hydrogen) atoms. The van der Waals surface area contributed by atoms with Crippen molar-refractivity contribution in [2.45, 2.75) is 53.4 Å². The van der Waals surface area contributed by atoms with Gasteiger partial charge >= 0.3 is 0 Å². The Hall–Kier alpha value is -7.75. The number of pyridine rings is 4. The van der Waals surface area contributed by atoms with Crippen molar-refractivity contribution in [1.29, 1.82) is 0 Å². The number of Topliss-reactive ketones (excluding diaryl/α,β-unsaturated/α-hetero) is 2. The molecule has 0 aliphatic heterocycles. The van der Waals surface area contributed by atoms with E-state index in [0.29, 0.717) is 33.3 Å². The van der Waals surface area contributed by atoms with Gasteiger partial charge in [-0.05, 0) is 97.5 Å². The van der Waals surface area contributed by atoms with Crippen LogP contribution in [0.2, 0.25) is 10.0 Å². The summed E-state index contributed by atoms with van der Waals surface area (Å²) in [6, 6.07) is 22.4. The summed E-state index contributed by atoms with van der Waals surface area (Å²) in [5.41, 5.74) is 15.6. The Morgan fingerprint density at radius 2 is 1.01 bits per heavy atom. The normalized spacial score (nSPS) is 11.1. The molecular weight excluding hydrogens is 942 g/mol. The minimum absolute atomic E-state index is 0.00456. The number of aromatic nitrogens is 4. The second kappa shape index (κ2) is 20.9. The summed E-state index contributed by atoms with van der Waals surface area (Å²) in [4.78, 5) is 71.9. The van der Waals surface area contributed by atoms with Crippen LogP contribution < -0.4 is 31.8 Å². The number of halogens is 4. The van der Waals surface area contributed by atoms with Crippen LogP contribution in [-0.4, -0.2) is 36.6 Å². The van der Waals surface area contributed by atoms with Gasteiger partial charge in [-0.3, -0.25) is 24.0 Å². The molecule has 0 bridgehead atoms. The number of carbonyl (C=O) groups excluding carboxylic acids is 3. The van der Waals surface area contributed by atoms with Crippen molar-refractivity contribution in [2.75, 3.05) is 5.73 Å². The number of ether oxygens (including phenoxy) is 2. The molecule has 0 aliphatic carbocycles. The van der Waals surface area contributed by atoms with Gasteiger partial charge in [0.25, 0.3) is 5.91 Å². The lowest BCUT2D eigenvalue weighted by atomic mass is 9.98. The molecule has 4 aromatic heterocycles. The standard InChI is InChI=1S/C27H23ClFN3O4.C26H23ClFN3O3/c1-4-15-5-7-19-17(11-15)26(34)23(14(2)32(19)3)20(33)13-16-6-8-21(18(29)12-16)36-22-9-10-31-25(24(22)28)27(30)35;1-4-15-5-7-19-17(11-15)25(33)23(14(2)31(19)3)20(32)13-16-6-8-21(18(28)12-16)34-22-9-10-30-26(29)24(22)27/h5-12H,4,13H2,1-3H3,(H2,30,35);5-12H,4,13H2,1-3H3,(H2,29,30). The topological polar surface area (TPSA) is 191 Å². The number of nitrogens with zero attached hydrogens (tertiary/aromatic N) is 4. The number of fused-ring (bicyclic) bond motifs is 2. The van der Waals surface area contributed by atoms with Crippen LogP contribution in [0.1, 0.15) is 78.7 Å². The molecule has 1 amide bonds. The number of rotatable bonds is 13. The number of anilines is 1. The highest BCUT2D eigenvalue weighted by atomic mass is 35.5. The highest BCUT2D eigenvalue weighted by molar-refractivity contribution is 6.35. The molecule has 0 aliphatic rings. The summed E-state index contributed by atoms with van der Waals surface area (Å²) >= 11 is 12.1. The van der Waals surface area contributed by atoms with Crippen LogP contribution in [-0.2, 0) is 39.8 Å². The first-order valence-electron chi connectivity index (χ1n) is 21.9. The Kier molecular flexibility index (Phi) is 14.9.